The molecule has 8 heteroatoms. The van der Waals surface area contributed by atoms with Gasteiger partial charge in [0.05, 0.1) is 6.20 Å². The lowest BCUT2D eigenvalue weighted by Crippen LogP contribution is -1.99. The number of nitrogens with zero attached hydrogens (tertiary/aromatic N) is 4. The Morgan fingerprint density at radius 1 is 1.09 bits per heavy atom. The van der Waals surface area contributed by atoms with Crippen LogP contribution in [0.1, 0.15) is 35.6 Å². The summed E-state index contributed by atoms with van der Waals surface area (Å²) < 4.78 is 27.6. The SMILES string of the molecule is Fc1cc(Br)ccc1/C=C/c1nc(COc2ccc(CCCCn3ccnn3)cc2)co1. The number of halogens is 2. The van der Waals surface area contributed by atoms with Gasteiger partial charge in [0, 0.05) is 28.9 Å². The Kier molecular flexibility index (Phi) is 7.45. The number of benzene rings is 2. The Bertz CT molecular complexity index is 1160. The van der Waals surface area contributed by atoms with Crippen molar-refractivity contribution in [2.75, 3.05) is 0 Å². The van der Waals surface area contributed by atoms with Crippen LogP contribution in [0.4, 0.5) is 4.39 Å². The predicted molar refractivity (Wildman–Crippen MR) is 123 cm³/mol. The molecule has 0 N–H and O–H groups in total. The number of aryl methyl sites for hydroxylation is 2. The second-order valence-electron chi connectivity index (χ2n) is 7.23. The van der Waals surface area contributed by atoms with Gasteiger partial charge in [0.1, 0.15) is 30.1 Å². The van der Waals surface area contributed by atoms with Gasteiger partial charge in [-0.05, 0) is 55.2 Å². The van der Waals surface area contributed by atoms with E-state index in [0.717, 1.165) is 31.6 Å². The van der Waals surface area contributed by atoms with Crippen molar-refractivity contribution in [2.24, 2.45) is 0 Å². The highest BCUT2D eigenvalue weighted by molar-refractivity contribution is 9.10. The highest BCUT2D eigenvalue weighted by Gasteiger charge is 2.04. The van der Waals surface area contributed by atoms with Crippen LogP contribution in [0.15, 0.2) is 70.0 Å². The van der Waals surface area contributed by atoms with E-state index in [0.29, 0.717) is 28.2 Å². The summed E-state index contributed by atoms with van der Waals surface area (Å²) in [5, 5.41) is 7.77. The van der Waals surface area contributed by atoms with Crippen LogP contribution in [0, 0.1) is 5.82 Å². The molecule has 2 aromatic heterocycles. The van der Waals surface area contributed by atoms with Gasteiger partial charge in [-0.1, -0.05) is 39.3 Å². The van der Waals surface area contributed by atoms with Gasteiger partial charge in [-0.15, -0.1) is 5.10 Å². The first-order valence-electron chi connectivity index (χ1n) is 10.3. The third kappa shape index (κ3) is 6.37. The Morgan fingerprint density at radius 3 is 2.75 bits per heavy atom. The summed E-state index contributed by atoms with van der Waals surface area (Å²) in [5.41, 5.74) is 2.39. The second-order valence-corrected chi connectivity index (χ2v) is 8.15. The molecule has 0 amide bonds. The maximum atomic E-state index is 13.9. The van der Waals surface area contributed by atoms with Crippen LogP contribution in [-0.4, -0.2) is 20.0 Å². The smallest absolute Gasteiger partial charge is 0.218 e. The third-order valence-electron chi connectivity index (χ3n) is 4.82. The molecule has 164 valence electrons. The number of oxazole rings is 1. The van der Waals surface area contributed by atoms with Crippen molar-refractivity contribution >= 4 is 28.1 Å². The molecule has 0 saturated carbocycles. The highest BCUT2D eigenvalue weighted by atomic mass is 79.9. The quantitative estimate of drug-likeness (QED) is 0.254. The van der Waals surface area contributed by atoms with Crippen molar-refractivity contribution in [1.29, 1.82) is 0 Å². The maximum Gasteiger partial charge on any atom is 0.218 e. The van der Waals surface area contributed by atoms with Crippen LogP contribution in [0.3, 0.4) is 0 Å². The zero-order valence-electron chi connectivity index (χ0n) is 17.3. The van der Waals surface area contributed by atoms with E-state index in [2.05, 4.69) is 43.4 Å². The molecule has 32 heavy (non-hydrogen) atoms. The molecule has 0 atom stereocenters. The summed E-state index contributed by atoms with van der Waals surface area (Å²) in [7, 11) is 0. The monoisotopic (exact) mass is 496 g/mol. The number of rotatable bonds is 10. The van der Waals surface area contributed by atoms with Crippen molar-refractivity contribution in [2.45, 2.75) is 32.4 Å². The van der Waals surface area contributed by atoms with E-state index in [9.17, 15) is 4.39 Å². The fourth-order valence-electron chi connectivity index (χ4n) is 3.13. The normalized spacial score (nSPS) is 11.3. The molecule has 0 fully saturated rings. The zero-order valence-corrected chi connectivity index (χ0v) is 18.9. The molecule has 0 bridgehead atoms. The average Bonchev–Trinajstić information content (AvgIpc) is 3.48. The summed E-state index contributed by atoms with van der Waals surface area (Å²) in [6.07, 6.45) is 11.5. The minimum absolute atomic E-state index is 0.293. The fourth-order valence-corrected chi connectivity index (χ4v) is 3.46. The first-order valence-corrected chi connectivity index (χ1v) is 11.1. The van der Waals surface area contributed by atoms with Gasteiger partial charge < -0.3 is 9.15 Å². The number of unbranched alkanes of at least 4 members (excludes halogenated alkanes) is 1. The second kappa shape index (κ2) is 10.9. The maximum absolute atomic E-state index is 13.9. The first kappa shape index (κ1) is 22.0. The summed E-state index contributed by atoms with van der Waals surface area (Å²) in [4.78, 5) is 4.35. The molecular formula is C24H22BrFN4O2. The number of hydrogen-bond acceptors (Lipinski definition) is 5. The van der Waals surface area contributed by atoms with Crippen LogP contribution in [0.25, 0.3) is 12.2 Å². The minimum Gasteiger partial charge on any atom is -0.487 e. The Hall–Kier alpha value is -3.26. The van der Waals surface area contributed by atoms with Gasteiger partial charge in [-0.3, -0.25) is 4.68 Å². The highest BCUT2D eigenvalue weighted by Crippen LogP contribution is 2.19. The summed E-state index contributed by atoms with van der Waals surface area (Å²) in [5.74, 6) is 0.852. The van der Waals surface area contributed by atoms with Gasteiger partial charge in [-0.2, -0.15) is 0 Å². The molecule has 0 unspecified atom stereocenters. The lowest BCUT2D eigenvalue weighted by atomic mass is 10.1. The van der Waals surface area contributed by atoms with Crippen molar-refractivity contribution in [3.63, 3.8) is 0 Å². The Morgan fingerprint density at radius 2 is 1.97 bits per heavy atom. The molecule has 0 spiro atoms. The minimum atomic E-state index is -0.315. The largest absolute Gasteiger partial charge is 0.487 e. The van der Waals surface area contributed by atoms with Gasteiger partial charge in [-0.25, -0.2) is 9.37 Å². The van der Waals surface area contributed by atoms with Gasteiger partial charge >= 0.3 is 0 Å². The van der Waals surface area contributed by atoms with E-state index in [1.54, 1.807) is 36.7 Å². The molecule has 0 aliphatic heterocycles. The Labute approximate surface area is 193 Å². The van der Waals surface area contributed by atoms with Crippen molar-refractivity contribution in [1.82, 2.24) is 20.0 Å². The van der Waals surface area contributed by atoms with E-state index in [1.165, 1.54) is 11.6 Å². The average molecular weight is 497 g/mol. The number of ether oxygens (including phenoxy) is 1. The topological polar surface area (TPSA) is 66.0 Å². The van der Waals surface area contributed by atoms with Crippen molar-refractivity contribution in [3.8, 4) is 5.75 Å². The first-order chi connectivity index (χ1) is 15.7. The summed E-state index contributed by atoms with van der Waals surface area (Å²) in [6.45, 7) is 1.18. The van der Waals surface area contributed by atoms with Crippen LogP contribution < -0.4 is 4.74 Å². The van der Waals surface area contributed by atoms with Crippen LogP contribution in [-0.2, 0) is 19.6 Å². The predicted octanol–water partition coefficient (Wildman–Crippen LogP) is 5.94. The number of hydrogen-bond donors (Lipinski definition) is 0. The van der Waals surface area contributed by atoms with E-state index < -0.39 is 0 Å². The fraction of sp³-hybridized carbons (Fsp3) is 0.208. The molecule has 0 saturated heterocycles. The van der Waals surface area contributed by atoms with E-state index in [-0.39, 0.29) is 5.82 Å². The standard InChI is InChI=1S/C24H22BrFN4O2/c25-20-8-6-19(23(26)15-20)7-11-24-28-21(17-32-24)16-31-22-9-4-18(5-10-22)3-1-2-13-30-14-12-27-29-30/h4-12,14-15,17H,1-3,13,16H2/b11-7+. The lowest BCUT2D eigenvalue weighted by molar-refractivity contribution is 0.301. The molecule has 4 aromatic rings. The molecule has 0 aliphatic rings. The molecule has 4 rings (SSSR count). The van der Waals surface area contributed by atoms with E-state index in [1.807, 2.05) is 23.0 Å². The van der Waals surface area contributed by atoms with E-state index >= 15 is 0 Å². The summed E-state index contributed by atoms with van der Waals surface area (Å²) in [6, 6.07) is 13.0. The van der Waals surface area contributed by atoms with Crippen molar-refractivity contribution in [3.05, 3.63) is 94.1 Å². The van der Waals surface area contributed by atoms with Crippen molar-refractivity contribution < 1.29 is 13.5 Å². The molecular weight excluding hydrogens is 475 g/mol. The molecule has 2 heterocycles. The van der Waals surface area contributed by atoms with Gasteiger partial charge in [0.25, 0.3) is 0 Å². The lowest BCUT2D eigenvalue weighted by Gasteiger charge is -2.06. The third-order valence-corrected chi connectivity index (χ3v) is 5.32. The van der Waals surface area contributed by atoms with Gasteiger partial charge in [0.2, 0.25) is 5.89 Å². The zero-order chi connectivity index (χ0) is 22.2. The van der Waals surface area contributed by atoms with Crippen LogP contribution >= 0.6 is 15.9 Å². The molecule has 0 radical (unpaired) electrons. The molecule has 6 nitrogen and oxygen atoms in total. The molecule has 0 aliphatic carbocycles. The molecule has 2 aromatic carbocycles. The number of aromatic nitrogens is 4. The van der Waals surface area contributed by atoms with Crippen LogP contribution in [0.2, 0.25) is 0 Å². The summed E-state index contributed by atoms with van der Waals surface area (Å²) >= 11 is 3.24. The Balaban J connectivity index is 1.22. The van der Waals surface area contributed by atoms with Crippen LogP contribution in [0.5, 0.6) is 5.75 Å². The van der Waals surface area contributed by atoms with Gasteiger partial charge in [0.15, 0.2) is 0 Å². The van der Waals surface area contributed by atoms with E-state index in [4.69, 9.17) is 9.15 Å².